The van der Waals surface area contributed by atoms with Gasteiger partial charge in [0.2, 0.25) is 0 Å². The molecule has 2 aromatic heterocycles. The number of fused-ring (bicyclic) bond motifs is 1. The maximum atomic E-state index is 12.9. The van der Waals surface area contributed by atoms with Crippen LogP contribution in [0.2, 0.25) is 5.02 Å². The predicted octanol–water partition coefficient (Wildman–Crippen LogP) is 4.81. The second-order valence-electron chi connectivity index (χ2n) is 6.01. The Bertz CT molecular complexity index is 914. The molecule has 1 aromatic carbocycles. The highest BCUT2D eigenvalue weighted by Crippen LogP contribution is 2.21. The molecule has 2 heterocycles. The van der Waals surface area contributed by atoms with Crippen molar-refractivity contribution in [1.29, 1.82) is 0 Å². The van der Waals surface area contributed by atoms with Gasteiger partial charge in [0.15, 0.2) is 0 Å². The summed E-state index contributed by atoms with van der Waals surface area (Å²) in [5.74, 6) is -0.167. The van der Waals surface area contributed by atoms with Crippen LogP contribution in [-0.2, 0) is 6.42 Å². The van der Waals surface area contributed by atoms with E-state index < -0.39 is 0 Å². The Balaban J connectivity index is 2.04. The molecule has 0 atom stereocenters. The normalized spacial score (nSPS) is 11.0. The molecule has 0 aliphatic rings. The summed E-state index contributed by atoms with van der Waals surface area (Å²) in [5.41, 5.74) is 5.08. The van der Waals surface area contributed by atoms with Crippen LogP contribution in [0, 0.1) is 13.8 Å². The Morgan fingerprint density at radius 2 is 2.04 bits per heavy atom. The maximum Gasteiger partial charge on any atom is 0.274 e. The van der Waals surface area contributed by atoms with Crippen LogP contribution in [0.1, 0.15) is 40.7 Å². The fourth-order valence-electron chi connectivity index (χ4n) is 2.85. The number of hydrogen-bond donors (Lipinski definition) is 1. The fourth-order valence-corrected chi connectivity index (χ4v) is 3.01. The quantitative estimate of drug-likeness (QED) is 0.740. The van der Waals surface area contributed by atoms with Crippen molar-refractivity contribution in [2.45, 2.75) is 33.6 Å². The molecule has 0 saturated heterocycles. The third kappa shape index (κ3) is 3.15. The number of aromatic nitrogens is 2. The van der Waals surface area contributed by atoms with Crippen molar-refractivity contribution in [2.75, 3.05) is 5.32 Å². The summed E-state index contributed by atoms with van der Waals surface area (Å²) in [6.07, 6.45) is 3.40. The third-order valence-electron chi connectivity index (χ3n) is 3.99. The first-order chi connectivity index (χ1) is 11.5. The highest BCUT2D eigenvalue weighted by molar-refractivity contribution is 6.30. The maximum absolute atomic E-state index is 12.9. The molecule has 0 fully saturated rings. The van der Waals surface area contributed by atoms with Gasteiger partial charge in [-0.1, -0.05) is 42.6 Å². The number of nitrogens with one attached hydrogen (secondary N) is 1. The molecule has 0 spiro atoms. The number of carbonyl (C=O) groups is 1. The number of amides is 1. The van der Waals surface area contributed by atoms with Gasteiger partial charge < -0.3 is 5.32 Å². The first-order valence-corrected chi connectivity index (χ1v) is 8.42. The van der Waals surface area contributed by atoms with Gasteiger partial charge in [0.05, 0.1) is 10.7 Å². The summed E-state index contributed by atoms with van der Waals surface area (Å²) in [7, 11) is 0. The van der Waals surface area contributed by atoms with Gasteiger partial charge >= 0.3 is 0 Å². The smallest absolute Gasteiger partial charge is 0.274 e. The Kier molecular flexibility index (Phi) is 4.58. The van der Waals surface area contributed by atoms with Crippen LogP contribution in [0.15, 0.2) is 36.5 Å². The Morgan fingerprint density at radius 3 is 2.75 bits per heavy atom. The number of nitrogens with zero attached hydrogens (tertiary/aromatic N) is 2. The van der Waals surface area contributed by atoms with E-state index in [0.717, 1.165) is 35.4 Å². The first kappa shape index (κ1) is 16.5. The van der Waals surface area contributed by atoms with Crippen LogP contribution in [0.4, 0.5) is 5.69 Å². The largest absolute Gasteiger partial charge is 0.320 e. The van der Waals surface area contributed by atoms with Crippen LogP contribution < -0.4 is 5.32 Å². The minimum absolute atomic E-state index is 0.167. The highest BCUT2D eigenvalue weighted by atomic mass is 35.5. The molecule has 0 radical (unpaired) electrons. The zero-order valence-corrected chi connectivity index (χ0v) is 14.8. The van der Waals surface area contributed by atoms with Gasteiger partial charge in [-0.2, -0.15) is 0 Å². The van der Waals surface area contributed by atoms with E-state index in [4.69, 9.17) is 11.6 Å². The Morgan fingerprint density at radius 1 is 1.25 bits per heavy atom. The zero-order chi connectivity index (χ0) is 17.3. The van der Waals surface area contributed by atoms with Gasteiger partial charge in [-0.3, -0.25) is 9.20 Å². The van der Waals surface area contributed by atoms with E-state index in [9.17, 15) is 4.79 Å². The van der Waals surface area contributed by atoms with E-state index in [1.54, 1.807) is 16.7 Å². The highest BCUT2D eigenvalue weighted by Gasteiger charge is 2.19. The number of imidazole rings is 1. The molecule has 0 bridgehead atoms. The van der Waals surface area contributed by atoms with Crippen LogP contribution in [0.5, 0.6) is 0 Å². The number of halogens is 1. The fraction of sp³-hybridized carbons (Fsp3) is 0.263. The van der Waals surface area contributed by atoms with E-state index in [0.29, 0.717) is 10.7 Å². The summed E-state index contributed by atoms with van der Waals surface area (Å²) in [6.45, 7) is 6.09. The first-order valence-electron chi connectivity index (χ1n) is 8.04. The van der Waals surface area contributed by atoms with Crippen molar-refractivity contribution in [1.82, 2.24) is 9.38 Å². The van der Waals surface area contributed by atoms with Crippen LogP contribution in [0.25, 0.3) is 5.65 Å². The van der Waals surface area contributed by atoms with E-state index in [1.165, 1.54) is 5.56 Å². The van der Waals surface area contributed by atoms with Gasteiger partial charge in [0, 0.05) is 11.9 Å². The number of rotatable bonds is 4. The average molecular weight is 342 g/mol. The van der Waals surface area contributed by atoms with Gasteiger partial charge in [0.25, 0.3) is 5.91 Å². The molecular formula is C19H20ClN3O. The Labute approximate surface area is 146 Å². The number of aryl methyl sites for hydroxylation is 3. The van der Waals surface area contributed by atoms with Crippen molar-refractivity contribution < 1.29 is 4.79 Å². The lowest BCUT2D eigenvalue weighted by Crippen LogP contribution is -2.17. The number of benzene rings is 1. The number of hydrogen-bond acceptors (Lipinski definition) is 2. The number of carbonyl (C=O) groups excluding carboxylic acids is 1. The molecule has 0 aliphatic heterocycles. The molecule has 0 saturated carbocycles. The lowest BCUT2D eigenvalue weighted by Gasteiger charge is -2.10. The molecule has 24 heavy (non-hydrogen) atoms. The van der Waals surface area contributed by atoms with Crippen molar-refractivity contribution in [3.63, 3.8) is 0 Å². The molecule has 124 valence electrons. The molecule has 0 aliphatic carbocycles. The minimum atomic E-state index is -0.167. The van der Waals surface area contributed by atoms with Crippen LogP contribution in [0.3, 0.4) is 0 Å². The zero-order valence-electron chi connectivity index (χ0n) is 14.1. The van der Waals surface area contributed by atoms with E-state index in [1.807, 2.05) is 38.1 Å². The molecule has 3 rings (SSSR count). The topological polar surface area (TPSA) is 46.4 Å². The molecular weight excluding hydrogens is 322 g/mol. The van der Waals surface area contributed by atoms with Crippen LogP contribution >= 0.6 is 11.6 Å². The molecule has 5 heteroatoms. The van der Waals surface area contributed by atoms with Crippen molar-refractivity contribution in [3.8, 4) is 0 Å². The summed E-state index contributed by atoms with van der Waals surface area (Å²) in [5, 5.41) is 3.58. The standard InChI is InChI=1S/C19H20ClN3O/c1-4-5-16-18(23-11-14(20)7-9-17(23)21-16)19(24)22-15-8-6-12(2)10-13(15)3/h6-11H,4-5H2,1-3H3,(H,22,24). The summed E-state index contributed by atoms with van der Waals surface area (Å²) in [6, 6.07) is 9.58. The van der Waals surface area contributed by atoms with E-state index in [2.05, 4.69) is 17.2 Å². The second-order valence-corrected chi connectivity index (χ2v) is 6.44. The number of anilines is 1. The molecule has 3 aromatic rings. The summed E-state index contributed by atoms with van der Waals surface area (Å²) < 4.78 is 1.77. The molecule has 1 N–H and O–H groups in total. The SMILES string of the molecule is CCCc1nc2ccc(Cl)cn2c1C(=O)Nc1ccc(C)cc1C. The number of pyridine rings is 1. The monoisotopic (exact) mass is 341 g/mol. The predicted molar refractivity (Wildman–Crippen MR) is 98.1 cm³/mol. The van der Waals surface area contributed by atoms with Crippen molar-refractivity contribution >= 4 is 28.8 Å². The molecule has 4 nitrogen and oxygen atoms in total. The third-order valence-corrected chi connectivity index (χ3v) is 4.21. The Hall–Kier alpha value is -2.33. The van der Waals surface area contributed by atoms with Gasteiger partial charge in [0.1, 0.15) is 11.3 Å². The van der Waals surface area contributed by atoms with E-state index >= 15 is 0 Å². The molecule has 0 unspecified atom stereocenters. The van der Waals surface area contributed by atoms with Gasteiger partial charge in [-0.25, -0.2) is 4.98 Å². The second kappa shape index (κ2) is 6.65. The lowest BCUT2D eigenvalue weighted by atomic mass is 10.1. The van der Waals surface area contributed by atoms with Crippen molar-refractivity contribution in [2.24, 2.45) is 0 Å². The van der Waals surface area contributed by atoms with Crippen LogP contribution in [-0.4, -0.2) is 15.3 Å². The summed E-state index contributed by atoms with van der Waals surface area (Å²) in [4.78, 5) is 17.5. The summed E-state index contributed by atoms with van der Waals surface area (Å²) >= 11 is 6.10. The lowest BCUT2D eigenvalue weighted by molar-refractivity contribution is 0.102. The van der Waals surface area contributed by atoms with E-state index in [-0.39, 0.29) is 5.91 Å². The van der Waals surface area contributed by atoms with Crippen molar-refractivity contribution in [3.05, 3.63) is 64.1 Å². The van der Waals surface area contributed by atoms with Gasteiger partial charge in [-0.05, 0) is 44.0 Å². The average Bonchev–Trinajstić information content (AvgIpc) is 2.87. The molecule has 1 amide bonds. The minimum Gasteiger partial charge on any atom is -0.320 e. The van der Waals surface area contributed by atoms with Gasteiger partial charge in [-0.15, -0.1) is 0 Å².